The van der Waals surface area contributed by atoms with E-state index in [0.29, 0.717) is 40.8 Å². The predicted octanol–water partition coefficient (Wildman–Crippen LogP) is 3.96. The van der Waals surface area contributed by atoms with Crippen LogP contribution in [0.4, 0.5) is 5.69 Å². The number of carbonyl (C=O) groups is 1. The molecular formula is C20H21NO3. The minimum absolute atomic E-state index is 0.238. The van der Waals surface area contributed by atoms with Crippen molar-refractivity contribution in [2.45, 2.75) is 13.8 Å². The number of rotatable bonds is 6. The number of hydrogen-bond donors (Lipinski definition) is 1. The fourth-order valence-corrected chi connectivity index (χ4v) is 2.07. The molecule has 0 fully saturated rings. The fraction of sp³-hybridized carbons (Fsp3) is 0.250. The summed E-state index contributed by atoms with van der Waals surface area (Å²) in [5.74, 6) is 3.86. The van der Waals surface area contributed by atoms with Gasteiger partial charge in [0.2, 0.25) is 0 Å². The molecule has 4 heteroatoms. The summed E-state index contributed by atoms with van der Waals surface area (Å²) in [5.41, 5.74) is 1.84. The molecule has 24 heavy (non-hydrogen) atoms. The summed E-state index contributed by atoms with van der Waals surface area (Å²) in [7, 11) is 1.55. The van der Waals surface area contributed by atoms with Gasteiger partial charge in [-0.15, -0.1) is 6.42 Å². The van der Waals surface area contributed by atoms with Gasteiger partial charge in [0.05, 0.1) is 13.7 Å². The molecule has 0 spiro atoms. The first-order valence-corrected chi connectivity index (χ1v) is 7.72. The Labute approximate surface area is 142 Å². The number of ether oxygens (including phenoxy) is 2. The molecule has 4 nitrogen and oxygen atoms in total. The Morgan fingerprint density at radius 1 is 1.21 bits per heavy atom. The molecule has 2 rings (SSSR count). The summed E-state index contributed by atoms with van der Waals surface area (Å²) in [5, 5.41) is 2.82. The molecule has 0 aliphatic heterocycles. The van der Waals surface area contributed by atoms with Crippen molar-refractivity contribution in [3.05, 3.63) is 53.6 Å². The first-order valence-electron chi connectivity index (χ1n) is 7.72. The highest BCUT2D eigenvalue weighted by molar-refractivity contribution is 6.04. The maximum absolute atomic E-state index is 12.4. The molecule has 124 valence electrons. The van der Waals surface area contributed by atoms with Crippen LogP contribution in [0.25, 0.3) is 0 Å². The van der Waals surface area contributed by atoms with Crippen molar-refractivity contribution >= 4 is 11.6 Å². The topological polar surface area (TPSA) is 47.6 Å². The maximum atomic E-state index is 12.4. The Morgan fingerprint density at radius 2 is 2.00 bits per heavy atom. The van der Waals surface area contributed by atoms with E-state index in [4.69, 9.17) is 15.9 Å². The lowest BCUT2D eigenvalue weighted by Crippen LogP contribution is -2.12. The zero-order chi connectivity index (χ0) is 17.5. The SMILES string of the molecule is C#Cc1cccc(NC(=O)c2ccc(OCC(C)C)c(OC)c2)c1. The van der Waals surface area contributed by atoms with Gasteiger partial charge in [0.15, 0.2) is 11.5 Å². The van der Waals surface area contributed by atoms with Crippen LogP contribution >= 0.6 is 0 Å². The smallest absolute Gasteiger partial charge is 0.255 e. The second-order valence-electron chi connectivity index (χ2n) is 5.75. The summed E-state index contributed by atoms with van der Waals surface area (Å²) >= 11 is 0. The van der Waals surface area contributed by atoms with Crippen molar-refractivity contribution in [1.82, 2.24) is 0 Å². The number of nitrogens with one attached hydrogen (secondary N) is 1. The lowest BCUT2D eigenvalue weighted by molar-refractivity contribution is 0.102. The number of carbonyl (C=O) groups excluding carboxylic acids is 1. The lowest BCUT2D eigenvalue weighted by Gasteiger charge is -2.13. The number of amides is 1. The molecule has 2 aromatic carbocycles. The van der Waals surface area contributed by atoms with Crippen LogP contribution in [0.1, 0.15) is 29.8 Å². The Bertz CT molecular complexity index is 760. The van der Waals surface area contributed by atoms with Crippen molar-refractivity contribution in [1.29, 1.82) is 0 Å². The van der Waals surface area contributed by atoms with Crippen LogP contribution in [-0.4, -0.2) is 19.6 Å². The highest BCUT2D eigenvalue weighted by atomic mass is 16.5. The molecule has 0 radical (unpaired) electrons. The van der Waals surface area contributed by atoms with E-state index in [-0.39, 0.29) is 5.91 Å². The van der Waals surface area contributed by atoms with Crippen LogP contribution in [0.3, 0.4) is 0 Å². The van der Waals surface area contributed by atoms with Crippen LogP contribution in [0.2, 0.25) is 0 Å². The second-order valence-corrected chi connectivity index (χ2v) is 5.75. The number of hydrogen-bond acceptors (Lipinski definition) is 3. The van der Waals surface area contributed by atoms with Gasteiger partial charge in [-0.05, 0) is 42.3 Å². The van der Waals surface area contributed by atoms with Crippen LogP contribution in [0, 0.1) is 18.3 Å². The van der Waals surface area contributed by atoms with Crippen LogP contribution in [0.5, 0.6) is 11.5 Å². The first kappa shape index (κ1) is 17.4. The van der Waals surface area contributed by atoms with Crippen molar-refractivity contribution in [3.8, 4) is 23.8 Å². The van der Waals surface area contributed by atoms with Gasteiger partial charge in [0.1, 0.15) is 0 Å². The van der Waals surface area contributed by atoms with E-state index >= 15 is 0 Å². The molecule has 1 N–H and O–H groups in total. The van der Waals surface area contributed by atoms with E-state index in [0.717, 1.165) is 0 Å². The standard InChI is InChI=1S/C20H21NO3/c1-5-15-7-6-8-17(11-15)21-20(22)16-9-10-18(19(12-16)23-4)24-13-14(2)3/h1,6-12,14H,13H2,2-4H3,(H,21,22). The van der Waals surface area contributed by atoms with Crippen molar-refractivity contribution in [3.63, 3.8) is 0 Å². The van der Waals surface area contributed by atoms with Gasteiger partial charge in [-0.25, -0.2) is 0 Å². The number of terminal acetylenes is 1. The van der Waals surface area contributed by atoms with E-state index in [1.165, 1.54) is 0 Å². The molecule has 0 aromatic heterocycles. The van der Waals surface area contributed by atoms with Gasteiger partial charge in [-0.2, -0.15) is 0 Å². The molecule has 2 aromatic rings. The van der Waals surface area contributed by atoms with Gasteiger partial charge in [0.25, 0.3) is 5.91 Å². The van der Waals surface area contributed by atoms with Crippen LogP contribution < -0.4 is 14.8 Å². The third kappa shape index (κ3) is 4.53. The van der Waals surface area contributed by atoms with E-state index < -0.39 is 0 Å². The van der Waals surface area contributed by atoms with Gasteiger partial charge in [-0.3, -0.25) is 4.79 Å². The van der Waals surface area contributed by atoms with Gasteiger partial charge in [-0.1, -0.05) is 25.8 Å². The van der Waals surface area contributed by atoms with Crippen molar-refractivity contribution in [2.24, 2.45) is 5.92 Å². The highest BCUT2D eigenvalue weighted by Crippen LogP contribution is 2.28. The van der Waals surface area contributed by atoms with Crippen LogP contribution in [-0.2, 0) is 0 Å². The normalized spacial score (nSPS) is 10.1. The zero-order valence-electron chi connectivity index (χ0n) is 14.1. The van der Waals surface area contributed by atoms with E-state index in [1.807, 2.05) is 0 Å². The molecule has 0 unspecified atom stereocenters. The molecule has 0 atom stereocenters. The zero-order valence-corrected chi connectivity index (χ0v) is 14.1. The Balaban J connectivity index is 2.15. The minimum Gasteiger partial charge on any atom is -0.493 e. The third-order valence-electron chi connectivity index (χ3n) is 3.29. The van der Waals surface area contributed by atoms with E-state index in [9.17, 15) is 4.79 Å². The number of methoxy groups -OCH3 is 1. The molecule has 0 aliphatic carbocycles. The highest BCUT2D eigenvalue weighted by Gasteiger charge is 2.12. The molecule has 0 saturated carbocycles. The van der Waals surface area contributed by atoms with E-state index in [2.05, 4.69) is 25.1 Å². The van der Waals surface area contributed by atoms with Crippen LogP contribution in [0.15, 0.2) is 42.5 Å². The Hall–Kier alpha value is -2.93. The van der Waals surface area contributed by atoms with Gasteiger partial charge < -0.3 is 14.8 Å². The van der Waals surface area contributed by atoms with Gasteiger partial charge >= 0.3 is 0 Å². The summed E-state index contributed by atoms with van der Waals surface area (Å²) in [6.45, 7) is 4.72. The molecule has 0 aliphatic rings. The number of benzene rings is 2. The Morgan fingerprint density at radius 3 is 2.67 bits per heavy atom. The summed E-state index contributed by atoms with van der Waals surface area (Å²) < 4.78 is 11.0. The average molecular weight is 323 g/mol. The summed E-state index contributed by atoms with van der Waals surface area (Å²) in [6.07, 6.45) is 5.37. The molecular weight excluding hydrogens is 302 g/mol. The maximum Gasteiger partial charge on any atom is 0.255 e. The summed E-state index contributed by atoms with van der Waals surface area (Å²) in [4.78, 5) is 12.4. The lowest BCUT2D eigenvalue weighted by atomic mass is 10.1. The minimum atomic E-state index is -0.238. The largest absolute Gasteiger partial charge is 0.493 e. The fourth-order valence-electron chi connectivity index (χ4n) is 2.07. The molecule has 0 heterocycles. The first-order chi connectivity index (χ1) is 11.5. The van der Waals surface area contributed by atoms with Crippen molar-refractivity contribution < 1.29 is 14.3 Å². The predicted molar refractivity (Wildman–Crippen MR) is 95.7 cm³/mol. The number of anilines is 1. The quantitative estimate of drug-likeness (QED) is 0.819. The third-order valence-corrected chi connectivity index (χ3v) is 3.29. The van der Waals surface area contributed by atoms with Crippen molar-refractivity contribution in [2.75, 3.05) is 19.0 Å². The molecule has 0 saturated heterocycles. The monoisotopic (exact) mass is 323 g/mol. The summed E-state index contributed by atoms with van der Waals surface area (Å²) in [6, 6.07) is 12.3. The van der Waals surface area contributed by atoms with E-state index in [1.54, 1.807) is 49.6 Å². The Kier molecular flexibility index (Phi) is 5.86. The molecule has 0 bridgehead atoms. The second kappa shape index (κ2) is 8.07. The molecule has 1 amide bonds. The average Bonchev–Trinajstić information content (AvgIpc) is 2.59. The van der Waals surface area contributed by atoms with Gasteiger partial charge in [0, 0.05) is 16.8 Å².